The van der Waals surface area contributed by atoms with E-state index in [9.17, 15) is 14.3 Å². The molecule has 2 aromatic carbocycles. The van der Waals surface area contributed by atoms with Crippen LogP contribution >= 0.6 is 0 Å². The van der Waals surface area contributed by atoms with Crippen LogP contribution in [0.4, 0.5) is 4.39 Å². The van der Waals surface area contributed by atoms with Gasteiger partial charge in [-0.2, -0.15) is 5.10 Å². The molecule has 1 atom stereocenters. The predicted molar refractivity (Wildman–Crippen MR) is 99.9 cm³/mol. The van der Waals surface area contributed by atoms with Crippen molar-refractivity contribution >= 4 is 5.91 Å². The Kier molecular flexibility index (Phi) is 4.39. The first-order valence-electron chi connectivity index (χ1n) is 9.05. The zero-order valence-corrected chi connectivity index (χ0v) is 14.9. The number of benzene rings is 2. The van der Waals surface area contributed by atoms with Crippen LogP contribution in [0.1, 0.15) is 47.4 Å². The molecule has 1 aromatic heterocycles. The molecular formula is C21H20FN3O2. The fourth-order valence-electron chi connectivity index (χ4n) is 3.66. The third-order valence-corrected chi connectivity index (χ3v) is 4.98. The number of hydrogen-bond donors (Lipinski definition) is 2. The molecule has 0 saturated carbocycles. The van der Waals surface area contributed by atoms with Crippen molar-refractivity contribution in [2.24, 2.45) is 0 Å². The van der Waals surface area contributed by atoms with Gasteiger partial charge in [0.25, 0.3) is 5.91 Å². The van der Waals surface area contributed by atoms with Gasteiger partial charge in [-0.15, -0.1) is 0 Å². The van der Waals surface area contributed by atoms with Crippen molar-refractivity contribution in [3.8, 4) is 17.0 Å². The molecule has 0 unspecified atom stereocenters. The van der Waals surface area contributed by atoms with E-state index >= 15 is 0 Å². The second-order valence-corrected chi connectivity index (χ2v) is 6.65. The Morgan fingerprint density at radius 2 is 1.93 bits per heavy atom. The number of H-pyrrole nitrogens is 1. The van der Waals surface area contributed by atoms with E-state index in [1.54, 1.807) is 47.4 Å². The summed E-state index contributed by atoms with van der Waals surface area (Å²) in [6.45, 7) is 2.57. The van der Waals surface area contributed by atoms with Gasteiger partial charge in [-0.25, -0.2) is 4.39 Å². The molecule has 1 amide bonds. The molecule has 3 aromatic rings. The van der Waals surface area contributed by atoms with E-state index in [4.69, 9.17) is 0 Å². The zero-order valence-electron chi connectivity index (χ0n) is 14.9. The van der Waals surface area contributed by atoms with E-state index in [-0.39, 0.29) is 17.5 Å². The lowest BCUT2D eigenvalue weighted by atomic mass is 9.95. The molecule has 27 heavy (non-hydrogen) atoms. The Morgan fingerprint density at radius 1 is 1.19 bits per heavy atom. The van der Waals surface area contributed by atoms with E-state index in [1.807, 2.05) is 6.92 Å². The number of fused-ring (bicyclic) bond motifs is 1. The largest absolute Gasteiger partial charge is 0.507 e. The number of hydrogen-bond acceptors (Lipinski definition) is 3. The Hall–Kier alpha value is -3.15. The van der Waals surface area contributed by atoms with Gasteiger partial charge in [0.2, 0.25) is 0 Å². The fourth-order valence-corrected chi connectivity index (χ4v) is 3.66. The SMILES string of the molecule is CCCCN1C(=O)c2[nH]nc(-c3ccccc3O)c2[C@H]1c1ccccc1F. The molecule has 138 valence electrons. The number of unbranched alkanes of at least 4 members (excludes halogenated alkanes) is 1. The molecule has 4 rings (SSSR count). The quantitative estimate of drug-likeness (QED) is 0.709. The van der Waals surface area contributed by atoms with Gasteiger partial charge in [-0.1, -0.05) is 43.7 Å². The van der Waals surface area contributed by atoms with Crippen LogP contribution in [-0.4, -0.2) is 32.7 Å². The van der Waals surface area contributed by atoms with Crippen molar-refractivity contribution in [2.45, 2.75) is 25.8 Å². The van der Waals surface area contributed by atoms with Crippen molar-refractivity contribution < 1.29 is 14.3 Å². The van der Waals surface area contributed by atoms with E-state index in [0.29, 0.717) is 34.6 Å². The zero-order chi connectivity index (χ0) is 19.0. The molecule has 2 N–H and O–H groups in total. The summed E-state index contributed by atoms with van der Waals surface area (Å²) in [5.74, 6) is -0.492. The number of aromatic amines is 1. The van der Waals surface area contributed by atoms with E-state index in [0.717, 1.165) is 12.8 Å². The summed E-state index contributed by atoms with van der Waals surface area (Å²) in [4.78, 5) is 14.7. The van der Waals surface area contributed by atoms with Crippen LogP contribution in [0.25, 0.3) is 11.3 Å². The van der Waals surface area contributed by atoms with Gasteiger partial charge in [0.1, 0.15) is 23.0 Å². The van der Waals surface area contributed by atoms with Crippen LogP contribution in [0, 0.1) is 5.82 Å². The highest BCUT2D eigenvalue weighted by Crippen LogP contribution is 2.44. The van der Waals surface area contributed by atoms with Crippen molar-refractivity contribution in [3.63, 3.8) is 0 Å². The molecule has 6 heteroatoms. The van der Waals surface area contributed by atoms with E-state index in [1.165, 1.54) is 6.07 Å². The third kappa shape index (κ3) is 2.77. The summed E-state index contributed by atoms with van der Waals surface area (Å²) < 4.78 is 14.7. The molecule has 0 saturated heterocycles. The normalized spacial score (nSPS) is 16.0. The lowest BCUT2D eigenvalue weighted by Gasteiger charge is -2.26. The summed E-state index contributed by atoms with van der Waals surface area (Å²) in [7, 11) is 0. The average Bonchev–Trinajstić information content (AvgIpc) is 3.20. The fraction of sp³-hybridized carbons (Fsp3) is 0.238. The Labute approximate surface area is 156 Å². The van der Waals surface area contributed by atoms with Crippen LogP contribution in [0.5, 0.6) is 5.75 Å². The van der Waals surface area contributed by atoms with Crippen LogP contribution in [-0.2, 0) is 0 Å². The number of phenolic OH excluding ortho intramolecular Hbond substituents is 1. The number of halogens is 1. The number of aromatic hydroxyl groups is 1. The molecule has 0 aliphatic carbocycles. The number of carbonyl (C=O) groups excluding carboxylic acids is 1. The summed E-state index contributed by atoms with van der Waals surface area (Å²) in [6.07, 6.45) is 1.74. The van der Waals surface area contributed by atoms with Gasteiger partial charge in [0, 0.05) is 23.2 Å². The third-order valence-electron chi connectivity index (χ3n) is 4.98. The monoisotopic (exact) mass is 365 g/mol. The average molecular weight is 365 g/mol. The maximum Gasteiger partial charge on any atom is 0.273 e. The minimum absolute atomic E-state index is 0.0681. The molecule has 1 aliphatic heterocycles. The van der Waals surface area contributed by atoms with Gasteiger partial charge in [-0.3, -0.25) is 9.89 Å². The summed E-state index contributed by atoms with van der Waals surface area (Å²) in [5, 5.41) is 17.4. The lowest BCUT2D eigenvalue weighted by Crippen LogP contribution is -2.31. The maximum atomic E-state index is 14.7. The summed E-state index contributed by atoms with van der Waals surface area (Å²) in [6, 6.07) is 12.7. The highest BCUT2D eigenvalue weighted by Gasteiger charge is 2.43. The van der Waals surface area contributed by atoms with Gasteiger partial charge < -0.3 is 10.0 Å². The molecule has 5 nitrogen and oxygen atoms in total. The number of aromatic nitrogens is 2. The first kappa shape index (κ1) is 17.3. The Morgan fingerprint density at radius 3 is 2.67 bits per heavy atom. The van der Waals surface area contributed by atoms with Gasteiger partial charge >= 0.3 is 0 Å². The Balaban J connectivity index is 1.91. The van der Waals surface area contributed by atoms with Crippen LogP contribution in [0.2, 0.25) is 0 Å². The first-order valence-corrected chi connectivity index (χ1v) is 9.05. The number of rotatable bonds is 5. The number of para-hydroxylation sites is 1. The topological polar surface area (TPSA) is 69.2 Å². The number of amides is 1. The second kappa shape index (κ2) is 6.87. The highest BCUT2D eigenvalue weighted by molar-refractivity contribution is 6.00. The minimum Gasteiger partial charge on any atom is -0.507 e. The molecule has 1 aliphatic rings. The van der Waals surface area contributed by atoms with Crippen molar-refractivity contribution in [1.29, 1.82) is 0 Å². The smallest absolute Gasteiger partial charge is 0.273 e. The van der Waals surface area contributed by atoms with Crippen molar-refractivity contribution in [3.05, 3.63) is 71.2 Å². The molecule has 0 spiro atoms. The number of nitrogens with zero attached hydrogens (tertiary/aromatic N) is 2. The standard InChI is InChI=1S/C21H20FN3O2/c1-2-3-12-25-20(13-8-4-6-10-15(13)22)17-18(23-24-19(17)21(25)27)14-9-5-7-11-16(14)26/h4-11,20,26H,2-3,12H2,1H3,(H,23,24)/t20-/m1/s1. The van der Waals surface area contributed by atoms with Crippen LogP contribution in [0.3, 0.4) is 0 Å². The molecule has 2 heterocycles. The molecule has 0 radical (unpaired) electrons. The van der Waals surface area contributed by atoms with E-state index < -0.39 is 6.04 Å². The summed E-state index contributed by atoms with van der Waals surface area (Å²) in [5.41, 5.74) is 2.39. The molecule has 0 bridgehead atoms. The highest BCUT2D eigenvalue weighted by atomic mass is 19.1. The van der Waals surface area contributed by atoms with Crippen molar-refractivity contribution in [2.75, 3.05) is 6.54 Å². The van der Waals surface area contributed by atoms with Gasteiger partial charge in [0.15, 0.2) is 0 Å². The Bertz CT molecular complexity index is 999. The number of carbonyl (C=O) groups is 1. The number of phenols is 1. The van der Waals surface area contributed by atoms with Crippen LogP contribution < -0.4 is 0 Å². The van der Waals surface area contributed by atoms with Crippen LogP contribution in [0.15, 0.2) is 48.5 Å². The van der Waals surface area contributed by atoms with Gasteiger partial charge in [-0.05, 0) is 24.6 Å². The second-order valence-electron chi connectivity index (χ2n) is 6.65. The molecule has 0 fully saturated rings. The van der Waals surface area contributed by atoms with E-state index in [2.05, 4.69) is 10.2 Å². The minimum atomic E-state index is -0.575. The van der Waals surface area contributed by atoms with Gasteiger partial charge in [0.05, 0.1) is 6.04 Å². The first-order chi connectivity index (χ1) is 13.1. The van der Waals surface area contributed by atoms with Crippen molar-refractivity contribution in [1.82, 2.24) is 15.1 Å². The maximum absolute atomic E-state index is 14.7. The predicted octanol–water partition coefficient (Wildman–Crippen LogP) is 4.27. The number of nitrogens with one attached hydrogen (secondary N) is 1. The molecular weight excluding hydrogens is 345 g/mol. The summed E-state index contributed by atoms with van der Waals surface area (Å²) >= 11 is 0. The lowest BCUT2D eigenvalue weighted by molar-refractivity contribution is 0.0739.